The predicted molar refractivity (Wildman–Crippen MR) is 170 cm³/mol. The summed E-state index contributed by atoms with van der Waals surface area (Å²) in [5.41, 5.74) is 6.18. The summed E-state index contributed by atoms with van der Waals surface area (Å²) in [5, 5.41) is 7.51. The number of amides is 2. The van der Waals surface area contributed by atoms with Gasteiger partial charge in [-0.3, -0.25) is 9.59 Å². The van der Waals surface area contributed by atoms with E-state index in [-0.39, 0.29) is 11.8 Å². The molecule has 2 aromatic rings. The minimum atomic E-state index is -0.137. The molecule has 0 bridgehead atoms. The molecule has 6 heteroatoms. The molecule has 0 aliphatic heterocycles. The van der Waals surface area contributed by atoms with Gasteiger partial charge in [0.25, 0.3) is 5.91 Å². The molecule has 0 heterocycles. The van der Waals surface area contributed by atoms with Crippen molar-refractivity contribution < 1.29 is 9.59 Å². The largest absolute Gasteiger partial charge is 0.352 e. The van der Waals surface area contributed by atoms with Gasteiger partial charge in [0.05, 0.1) is 0 Å². The monoisotopic (exact) mass is 592 g/mol. The van der Waals surface area contributed by atoms with E-state index in [2.05, 4.69) is 36.6 Å². The molecular formula is C35H42Cl2N2O2. The highest BCUT2D eigenvalue weighted by atomic mass is 35.5. The maximum atomic E-state index is 13.1. The van der Waals surface area contributed by atoms with Gasteiger partial charge in [-0.05, 0) is 106 Å². The zero-order valence-electron chi connectivity index (χ0n) is 24.3. The Hall–Kier alpha value is -2.82. The van der Waals surface area contributed by atoms with Gasteiger partial charge >= 0.3 is 0 Å². The molecule has 218 valence electrons. The first-order chi connectivity index (χ1) is 19.8. The van der Waals surface area contributed by atoms with Gasteiger partial charge in [0.2, 0.25) is 5.91 Å². The van der Waals surface area contributed by atoms with Gasteiger partial charge in [-0.2, -0.15) is 0 Å². The second-order valence-electron chi connectivity index (χ2n) is 11.6. The van der Waals surface area contributed by atoms with Gasteiger partial charge in [0.15, 0.2) is 0 Å². The van der Waals surface area contributed by atoms with Crippen molar-refractivity contribution >= 4 is 35.0 Å². The third-order valence-corrected chi connectivity index (χ3v) is 9.06. The Kier molecular flexibility index (Phi) is 11.7. The summed E-state index contributed by atoms with van der Waals surface area (Å²) in [5.74, 6) is 1.02. The minimum Gasteiger partial charge on any atom is -0.352 e. The van der Waals surface area contributed by atoms with Gasteiger partial charge in [-0.15, -0.1) is 0 Å². The molecule has 2 aliphatic rings. The Balaban J connectivity index is 1.33. The highest BCUT2D eigenvalue weighted by Crippen LogP contribution is 2.34. The average molecular weight is 594 g/mol. The lowest BCUT2D eigenvalue weighted by Crippen LogP contribution is -2.25. The van der Waals surface area contributed by atoms with Crippen LogP contribution in [0.5, 0.6) is 0 Å². The molecule has 2 aliphatic carbocycles. The van der Waals surface area contributed by atoms with E-state index >= 15 is 0 Å². The zero-order chi connectivity index (χ0) is 29.2. The highest BCUT2D eigenvalue weighted by Gasteiger charge is 2.23. The summed E-state index contributed by atoms with van der Waals surface area (Å²) in [6, 6.07) is 14.7. The molecular weight excluding hydrogens is 551 g/mol. The van der Waals surface area contributed by atoms with Gasteiger partial charge in [-0.25, -0.2) is 0 Å². The number of hydrogen-bond acceptors (Lipinski definition) is 2. The zero-order valence-corrected chi connectivity index (χ0v) is 25.8. The standard InChI is InChI=1S/C35H42Cl2N2O2/c1-24-8-5-9-25(2)31(33(20-24)39-35(41)28-13-7-14-30(36)22-28)19-18-26-10-6-11-27(17-16-26)21-34(40)38-23-29-12-3-4-15-32(29)37/h3-4,7-8,12-15,20,22,26-27H,5-6,9-11,16-19,21,23H2,1-2H3,(H,38,40)(H,39,41). The molecule has 1 saturated carbocycles. The van der Waals surface area contributed by atoms with E-state index in [1.54, 1.807) is 24.3 Å². The summed E-state index contributed by atoms with van der Waals surface area (Å²) in [4.78, 5) is 25.8. The number of halogens is 2. The van der Waals surface area contributed by atoms with E-state index in [4.69, 9.17) is 23.2 Å². The number of benzene rings is 2. The van der Waals surface area contributed by atoms with Crippen LogP contribution in [-0.2, 0) is 11.3 Å². The minimum absolute atomic E-state index is 0.109. The molecule has 0 aromatic heterocycles. The molecule has 2 aromatic carbocycles. The summed E-state index contributed by atoms with van der Waals surface area (Å²) < 4.78 is 0. The second-order valence-corrected chi connectivity index (χ2v) is 12.5. The molecule has 0 spiro atoms. The Labute approximate surface area is 255 Å². The van der Waals surface area contributed by atoms with Gasteiger partial charge in [-0.1, -0.05) is 84.0 Å². The first-order valence-electron chi connectivity index (χ1n) is 14.9. The van der Waals surface area contributed by atoms with Crippen LogP contribution in [0.15, 0.2) is 83.1 Å². The number of allylic oxidation sites excluding steroid dienone is 5. The number of carbonyl (C=O) groups is 2. The molecule has 2 amide bonds. The normalized spacial score (nSPS) is 19.8. The molecule has 4 nitrogen and oxygen atoms in total. The molecule has 2 N–H and O–H groups in total. The second kappa shape index (κ2) is 15.4. The van der Waals surface area contributed by atoms with Crippen molar-refractivity contribution in [3.05, 3.63) is 104 Å². The molecule has 0 radical (unpaired) electrons. The topological polar surface area (TPSA) is 58.2 Å². The van der Waals surface area contributed by atoms with E-state index in [9.17, 15) is 9.59 Å². The van der Waals surface area contributed by atoms with E-state index in [0.29, 0.717) is 40.4 Å². The molecule has 2 unspecified atom stereocenters. The number of hydrogen-bond donors (Lipinski definition) is 2. The van der Waals surface area contributed by atoms with Crippen LogP contribution in [0.4, 0.5) is 0 Å². The van der Waals surface area contributed by atoms with Gasteiger partial charge in [0, 0.05) is 34.3 Å². The molecule has 0 saturated heterocycles. The Bertz CT molecular complexity index is 1330. The quantitative estimate of drug-likeness (QED) is 0.285. The Morgan fingerprint density at radius 1 is 0.951 bits per heavy atom. The van der Waals surface area contributed by atoms with E-state index in [1.807, 2.05) is 24.3 Å². The molecule has 2 atom stereocenters. The lowest BCUT2D eigenvalue weighted by molar-refractivity contribution is -0.122. The van der Waals surface area contributed by atoms with Crippen molar-refractivity contribution in [3.8, 4) is 0 Å². The maximum Gasteiger partial charge on any atom is 0.255 e. The van der Waals surface area contributed by atoms with Crippen LogP contribution in [-0.4, -0.2) is 11.8 Å². The Morgan fingerprint density at radius 2 is 1.73 bits per heavy atom. The smallest absolute Gasteiger partial charge is 0.255 e. The van der Waals surface area contributed by atoms with Crippen LogP contribution in [0.1, 0.15) is 94.0 Å². The summed E-state index contributed by atoms with van der Waals surface area (Å²) >= 11 is 12.4. The lowest BCUT2D eigenvalue weighted by atomic mass is 9.88. The predicted octanol–water partition coefficient (Wildman–Crippen LogP) is 9.35. The molecule has 4 rings (SSSR count). The van der Waals surface area contributed by atoms with Crippen LogP contribution in [0.25, 0.3) is 0 Å². The van der Waals surface area contributed by atoms with Gasteiger partial charge in [0.1, 0.15) is 0 Å². The fourth-order valence-electron chi connectivity index (χ4n) is 6.02. The van der Waals surface area contributed by atoms with Crippen LogP contribution in [0.3, 0.4) is 0 Å². The van der Waals surface area contributed by atoms with Crippen LogP contribution in [0, 0.1) is 11.8 Å². The lowest BCUT2D eigenvalue weighted by Gasteiger charge is -2.22. The summed E-state index contributed by atoms with van der Waals surface area (Å²) in [7, 11) is 0. The van der Waals surface area contributed by atoms with E-state index in [1.165, 1.54) is 23.1 Å². The first kappa shape index (κ1) is 31.1. The average Bonchev–Trinajstić information content (AvgIpc) is 3.16. The van der Waals surface area contributed by atoms with Crippen molar-refractivity contribution in [2.45, 2.75) is 84.6 Å². The van der Waals surface area contributed by atoms with Crippen LogP contribution >= 0.6 is 23.2 Å². The van der Waals surface area contributed by atoms with E-state index in [0.717, 1.165) is 62.6 Å². The third-order valence-electron chi connectivity index (χ3n) is 8.45. The first-order valence-corrected chi connectivity index (χ1v) is 15.7. The van der Waals surface area contributed by atoms with Crippen molar-refractivity contribution in [1.29, 1.82) is 0 Å². The van der Waals surface area contributed by atoms with Crippen LogP contribution < -0.4 is 10.6 Å². The number of carbonyl (C=O) groups excluding carboxylic acids is 2. The number of nitrogens with one attached hydrogen (secondary N) is 2. The summed E-state index contributed by atoms with van der Waals surface area (Å²) in [6.07, 6.45) is 14.6. The third kappa shape index (κ3) is 9.61. The molecule has 1 fully saturated rings. The fourth-order valence-corrected chi connectivity index (χ4v) is 6.41. The number of rotatable bonds is 9. The van der Waals surface area contributed by atoms with Crippen molar-refractivity contribution in [1.82, 2.24) is 10.6 Å². The maximum absolute atomic E-state index is 13.1. The summed E-state index contributed by atoms with van der Waals surface area (Å²) in [6.45, 7) is 4.77. The Morgan fingerprint density at radius 3 is 2.54 bits per heavy atom. The van der Waals surface area contributed by atoms with Crippen molar-refractivity contribution in [2.24, 2.45) is 11.8 Å². The van der Waals surface area contributed by atoms with E-state index < -0.39 is 0 Å². The SMILES string of the molecule is CC1=CCCC(C)=C(CCC2CCCC(CC(=O)NCc3ccccc3Cl)CC2)C(NC(=O)c2cccc(Cl)c2)=C1. The van der Waals surface area contributed by atoms with Crippen molar-refractivity contribution in [2.75, 3.05) is 0 Å². The highest BCUT2D eigenvalue weighted by molar-refractivity contribution is 6.31. The van der Waals surface area contributed by atoms with Crippen LogP contribution in [0.2, 0.25) is 10.0 Å². The fraction of sp³-hybridized carbons (Fsp3) is 0.429. The van der Waals surface area contributed by atoms with Crippen molar-refractivity contribution in [3.63, 3.8) is 0 Å². The molecule has 41 heavy (non-hydrogen) atoms. The van der Waals surface area contributed by atoms with Gasteiger partial charge < -0.3 is 10.6 Å².